The standard InChI is InChI=1S/C20H28O5/c21-8-25-17-5-11-4-16(24)14-6-12(22)2-9-1-10-3-13(23)7-15(17)19(10)20(11)18(9)14/h8-11,13-20,23-24H,1-7H2. The molecule has 0 saturated heterocycles. The van der Waals surface area contributed by atoms with Crippen molar-refractivity contribution in [3.8, 4) is 0 Å². The molecule has 11 unspecified atom stereocenters. The van der Waals surface area contributed by atoms with Gasteiger partial charge in [-0.3, -0.25) is 9.59 Å². The molecule has 5 heteroatoms. The van der Waals surface area contributed by atoms with E-state index in [9.17, 15) is 19.8 Å². The number of hydrogen-bond acceptors (Lipinski definition) is 5. The Hall–Kier alpha value is -0.940. The van der Waals surface area contributed by atoms with Gasteiger partial charge in [0, 0.05) is 18.8 Å². The molecule has 138 valence electrons. The number of aliphatic hydroxyl groups is 2. The molecule has 0 aromatic rings. The molecule has 0 spiro atoms. The monoisotopic (exact) mass is 348 g/mol. The Morgan fingerprint density at radius 3 is 2.40 bits per heavy atom. The van der Waals surface area contributed by atoms with Gasteiger partial charge in [-0.25, -0.2) is 0 Å². The molecule has 5 aliphatic rings. The Labute approximate surface area is 148 Å². The number of rotatable bonds is 2. The molecular formula is C20H28O5. The highest BCUT2D eigenvalue weighted by Crippen LogP contribution is 2.64. The minimum Gasteiger partial charge on any atom is -0.464 e. The van der Waals surface area contributed by atoms with E-state index in [2.05, 4.69) is 0 Å². The fourth-order valence-electron chi connectivity index (χ4n) is 8.04. The van der Waals surface area contributed by atoms with Crippen molar-refractivity contribution in [2.24, 2.45) is 47.3 Å². The van der Waals surface area contributed by atoms with Crippen LogP contribution in [0.5, 0.6) is 0 Å². The Kier molecular flexibility index (Phi) is 3.76. The quantitative estimate of drug-likeness (QED) is 0.740. The zero-order chi connectivity index (χ0) is 17.3. The number of carbonyl (C=O) groups excluding carboxylic acids is 2. The summed E-state index contributed by atoms with van der Waals surface area (Å²) in [5.74, 6) is 3.35. The molecule has 5 aliphatic carbocycles. The molecule has 0 aromatic carbocycles. The van der Waals surface area contributed by atoms with E-state index in [4.69, 9.17) is 4.74 Å². The first kappa shape index (κ1) is 16.2. The molecule has 5 saturated carbocycles. The molecule has 5 rings (SSSR count). The maximum Gasteiger partial charge on any atom is 0.293 e. The topological polar surface area (TPSA) is 83.8 Å². The maximum atomic E-state index is 12.3. The third-order valence-corrected chi connectivity index (χ3v) is 8.47. The summed E-state index contributed by atoms with van der Waals surface area (Å²) in [6, 6.07) is 0. The highest BCUT2D eigenvalue weighted by Gasteiger charge is 2.62. The third-order valence-electron chi connectivity index (χ3n) is 8.47. The van der Waals surface area contributed by atoms with Gasteiger partial charge >= 0.3 is 0 Å². The summed E-state index contributed by atoms with van der Waals surface area (Å²) in [6.45, 7) is 0.563. The second kappa shape index (κ2) is 5.78. The molecule has 25 heavy (non-hydrogen) atoms. The first-order chi connectivity index (χ1) is 12.1. The van der Waals surface area contributed by atoms with Crippen molar-refractivity contribution in [3.05, 3.63) is 0 Å². The van der Waals surface area contributed by atoms with Crippen LogP contribution in [0.2, 0.25) is 0 Å². The van der Waals surface area contributed by atoms with E-state index >= 15 is 0 Å². The van der Waals surface area contributed by atoms with Gasteiger partial charge in [0.1, 0.15) is 11.9 Å². The Balaban J connectivity index is 1.55. The Morgan fingerprint density at radius 1 is 0.840 bits per heavy atom. The number of ether oxygens (including phenoxy) is 1. The van der Waals surface area contributed by atoms with Crippen LogP contribution in [0, 0.1) is 47.3 Å². The van der Waals surface area contributed by atoms with Crippen LogP contribution >= 0.6 is 0 Å². The van der Waals surface area contributed by atoms with E-state index in [1.54, 1.807) is 0 Å². The molecule has 0 aliphatic heterocycles. The van der Waals surface area contributed by atoms with Crippen molar-refractivity contribution in [2.75, 3.05) is 0 Å². The van der Waals surface area contributed by atoms with Crippen molar-refractivity contribution in [1.82, 2.24) is 0 Å². The van der Waals surface area contributed by atoms with Gasteiger partial charge in [-0.05, 0) is 73.5 Å². The predicted octanol–water partition coefficient (Wildman–Crippen LogP) is 1.55. The average molecular weight is 348 g/mol. The van der Waals surface area contributed by atoms with Gasteiger partial charge in [0.2, 0.25) is 0 Å². The van der Waals surface area contributed by atoms with Gasteiger partial charge in [0.05, 0.1) is 12.2 Å². The largest absolute Gasteiger partial charge is 0.464 e. The van der Waals surface area contributed by atoms with Gasteiger partial charge in [-0.15, -0.1) is 0 Å². The smallest absolute Gasteiger partial charge is 0.293 e. The minimum absolute atomic E-state index is 0.119. The number of hydrogen-bond donors (Lipinski definition) is 2. The Morgan fingerprint density at radius 2 is 1.60 bits per heavy atom. The molecule has 2 N–H and O–H groups in total. The van der Waals surface area contributed by atoms with E-state index in [-0.39, 0.29) is 24.0 Å². The van der Waals surface area contributed by atoms with Gasteiger partial charge in [-0.1, -0.05) is 0 Å². The maximum absolute atomic E-state index is 12.3. The molecule has 5 nitrogen and oxygen atoms in total. The van der Waals surface area contributed by atoms with Crippen LogP contribution in [-0.2, 0) is 14.3 Å². The Bertz CT molecular complexity index is 576. The van der Waals surface area contributed by atoms with Gasteiger partial charge in [0.25, 0.3) is 6.47 Å². The van der Waals surface area contributed by atoms with Crippen molar-refractivity contribution in [2.45, 2.75) is 63.3 Å². The highest BCUT2D eigenvalue weighted by atomic mass is 16.5. The summed E-state index contributed by atoms with van der Waals surface area (Å²) >= 11 is 0. The van der Waals surface area contributed by atoms with Crippen molar-refractivity contribution >= 4 is 12.3 Å². The fraction of sp³-hybridized carbons (Fsp3) is 0.900. The fourth-order valence-corrected chi connectivity index (χ4v) is 8.04. The number of Topliss-reactive ketones (excluding diaryl/α,β-unsaturated/α-hetero) is 1. The lowest BCUT2D eigenvalue weighted by Crippen LogP contribution is -2.63. The first-order valence-electron chi connectivity index (χ1n) is 10.0. The molecule has 0 heterocycles. The van der Waals surface area contributed by atoms with Gasteiger partial charge < -0.3 is 14.9 Å². The summed E-state index contributed by atoms with van der Waals surface area (Å²) < 4.78 is 5.48. The number of carbonyl (C=O) groups is 2. The second-order valence-electron chi connectivity index (χ2n) is 9.46. The van der Waals surface area contributed by atoms with Gasteiger partial charge in [0.15, 0.2) is 0 Å². The molecule has 0 amide bonds. The highest BCUT2D eigenvalue weighted by molar-refractivity contribution is 5.80. The van der Waals surface area contributed by atoms with Crippen molar-refractivity contribution in [1.29, 1.82) is 0 Å². The lowest BCUT2D eigenvalue weighted by atomic mass is 9.41. The summed E-state index contributed by atoms with van der Waals surface area (Å²) in [5, 5.41) is 21.2. The summed E-state index contributed by atoms with van der Waals surface area (Å²) in [6.07, 6.45) is 4.48. The zero-order valence-corrected chi connectivity index (χ0v) is 14.5. The van der Waals surface area contributed by atoms with Crippen molar-refractivity contribution in [3.63, 3.8) is 0 Å². The zero-order valence-electron chi connectivity index (χ0n) is 14.5. The normalized spacial score (nSPS) is 56.7. The van der Waals surface area contributed by atoms with E-state index in [0.29, 0.717) is 60.6 Å². The molecule has 5 fully saturated rings. The third kappa shape index (κ3) is 2.34. The lowest BCUT2D eigenvalue weighted by molar-refractivity contribution is -0.208. The predicted molar refractivity (Wildman–Crippen MR) is 88.2 cm³/mol. The second-order valence-corrected chi connectivity index (χ2v) is 9.46. The van der Waals surface area contributed by atoms with E-state index in [1.807, 2.05) is 0 Å². The van der Waals surface area contributed by atoms with Crippen LogP contribution in [0.25, 0.3) is 0 Å². The first-order valence-corrected chi connectivity index (χ1v) is 10.0. The molecule has 0 radical (unpaired) electrons. The summed E-state index contributed by atoms with van der Waals surface area (Å²) in [7, 11) is 0. The summed E-state index contributed by atoms with van der Waals surface area (Å²) in [5.41, 5.74) is 0. The molecule has 11 atom stereocenters. The average Bonchev–Trinajstić information content (AvgIpc) is 2.55. The lowest BCUT2D eigenvalue weighted by Gasteiger charge is -2.64. The van der Waals surface area contributed by atoms with Gasteiger partial charge in [-0.2, -0.15) is 0 Å². The molecule has 0 aromatic heterocycles. The van der Waals surface area contributed by atoms with Crippen LogP contribution < -0.4 is 0 Å². The minimum atomic E-state index is -0.392. The van der Waals surface area contributed by atoms with E-state index in [0.717, 1.165) is 32.1 Å². The van der Waals surface area contributed by atoms with E-state index in [1.165, 1.54) is 0 Å². The SMILES string of the molecule is O=COC1CC2CC(O)C3CC(=O)CC4CC5CC(O)CC1C5C2C43. The van der Waals surface area contributed by atoms with Crippen LogP contribution in [0.15, 0.2) is 0 Å². The van der Waals surface area contributed by atoms with Crippen LogP contribution in [-0.4, -0.2) is 40.8 Å². The van der Waals surface area contributed by atoms with E-state index < -0.39 is 6.10 Å². The summed E-state index contributed by atoms with van der Waals surface area (Å²) in [4.78, 5) is 23.3. The molecular weight excluding hydrogens is 320 g/mol. The van der Waals surface area contributed by atoms with Crippen LogP contribution in [0.4, 0.5) is 0 Å². The molecule has 0 bridgehead atoms. The van der Waals surface area contributed by atoms with Crippen LogP contribution in [0.3, 0.4) is 0 Å². The number of ketones is 1. The number of aliphatic hydroxyl groups excluding tert-OH is 2. The van der Waals surface area contributed by atoms with Crippen LogP contribution in [0.1, 0.15) is 44.9 Å². The van der Waals surface area contributed by atoms with Crippen molar-refractivity contribution < 1.29 is 24.5 Å².